The van der Waals surface area contributed by atoms with Crippen molar-refractivity contribution >= 4 is 15.7 Å². The van der Waals surface area contributed by atoms with E-state index in [0.717, 1.165) is 28.7 Å². The molecule has 0 spiro atoms. The normalized spacial score (nSPS) is 12.3. The van der Waals surface area contributed by atoms with Crippen molar-refractivity contribution in [3.8, 4) is 22.6 Å². The molecule has 1 unspecified atom stereocenters. The standard InChI is InChI=1S/C24H28N2O6S/c1-33(30,31)26-22-14-20(7-10-23(22)28)24(29)15-25-11-12-32-21-8-5-18(6-9-21)19-4-2-3-17(13-19)16-27/h2-10,13-14,24-29H,11-12,15-16H2,1H3. The molecule has 3 aromatic carbocycles. The molecule has 9 heteroatoms. The van der Waals surface area contributed by atoms with Gasteiger partial charge in [0.15, 0.2) is 0 Å². The van der Waals surface area contributed by atoms with Crippen molar-refractivity contribution in [2.75, 3.05) is 30.7 Å². The lowest BCUT2D eigenvalue weighted by Gasteiger charge is -2.15. The Kier molecular flexibility index (Phi) is 8.29. The molecule has 0 amide bonds. The van der Waals surface area contributed by atoms with Gasteiger partial charge in [-0.2, -0.15) is 0 Å². The van der Waals surface area contributed by atoms with Crippen LogP contribution in [-0.4, -0.2) is 49.7 Å². The van der Waals surface area contributed by atoms with Gasteiger partial charge in [0, 0.05) is 13.1 Å². The van der Waals surface area contributed by atoms with Crippen molar-refractivity contribution in [1.29, 1.82) is 0 Å². The Morgan fingerprint density at radius 2 is 1.76 bits per heavy atom. The minimum absolute atomic E-state index is 0.00216. The number of nitrogens with one attached hydrogen (secondary N) is 2. The van der Waals surface area contributed by atoms with Gasteiger partial charge >= 0.3 is 0 Å². The fraction of sp³-hybridized carbons (Fsp3) is 0.250. The van der Waals surface area contributed by atoms with Crippen LogP contribution in [0.25, 0.3) is 11.1 Å². The molecule has 3 aromatic rings. The lowest BCUT2D eigenvalue weighted by Crippen LogP contribution is -2.26. The smallest absolute Gasteiger partial charge is 0.229 e. The molecule has 0 saturated heterocycles. The van der Waals surface area contributed by atoms with E-state index in [0.29, 0.717) is 18.7 Å². The maximum atomic E-state index is 11.4. The highest BCUT2D eigenvalue weighted by Crippen LogP contribution is 2.28. The summed E-state index contributed by atoms with van der Waals surface area (Å²) in [5.74, 6) is 0.499. The van der Waals surface area contributed by atoms with Crippen molar-refractivity contribution < 1.29 is 28.5 Å². The Labute approximate surface area is 193 Å². The van der Waals surface area contributed by atoms with Gasteiger partial charge in [-0.1, -0.05) is 36.4 Å². The number of aliphatic hydroxyl groups is 2. The Hall–Kier alpha value is -3.11. The van der Waals surface area contributed by atoms with Gasteiger partial charge in [0.2, 0.25) is 10.0 Å². The molecule has 3 rings (SSSR count). The first-order chi connectivity index (χ1) is 15.7. The van der Waals surface area contributed by atoms with E-state index in [-0.39, 0.29) is 24.6 Å². The number of hydrogen-bond acceptors (Lipinski definition) is 7. The van der Waals surface area contributed by atoms with Crippen LogP contribution in [0.5, 0.6) is 11.5 Å². The maximum Gasteiger partial charge on any atom is 0.229 e. The number of aliphatic hydroxyl groups excluding tert-OH is 2. The van der Waals surface area contributed by atoms with Crippen molar-refractivity contribution in [3.63, 3.8) is 0 Å². The molecule has 0 aromatic heterocycles. The fourth-order valence-corrected chi connectivity index (χ4v) is 3.80. The average molecular weight is 473 g/mol. The molecule has 8 nitrogen and oxygen atoms in total. The molecule has 0 radical (unpaired) electrons. The Balaban J connectivity index is 1.45. The van der Waals surface area contributed by atoms with E-state index in [4.69, 9.17) is 4.74 Å². The predicted molar refractivity (Wildman–Crippen MR) is 128 cm³/mol. The molecule has 176 valence electrons. The molecule has 0 aliphatic heterocycles. The number of ether oxygens (including phenoxy) is 1. The third-order valence-corrected chi connectivity index (χ3v) is 5.47. The topological polar surface area (TPSA) is 128 Å². The maximum absolute atomic E-state index is 11.4. The largest absolute Gasteiger partial charge is 0.506 e. The van der Waals surface area contributed by atoms with Crippen molar-refractivity contribution in [1.82, 2.24) is 5.32 Å². The predicted octanol–water partition coefficient (Wildman–Crippen LogP) is 2.63. The van der Waals surface area contributed by atoms with Gasteiger partial charge in [-0.05, 0) is 52.6 Å². The monoisotopic (exact) mass is 472 g/mol. The summed E-state index contributed by atoms with van der Waals surface area (Å²) in [5.41, 5.74) is 3.39. The van der Waals surface area contributed by atoms with Gasteiger partial charge in [0.1, 0.15) is 18.1 Å². The van der Waals surface area contributed by atoms with Gasteiger partial charge in [0.05, 0.1) is 24.7 Å². The number of phenolic OH excluding ortho intramolecular Hbond substituents is 1. The van der Waals surface area contributed by atoms with E-state index in [2.05, 4.69) is 10.0 Å². The molecule has 0 aliphatic rings. The fourth-order valence-electron chi connectivity index (χ4n) is 3.23. The second-order valence-corrected chi connectivity index (χ2v) is 9.35. The summed E-state index contributed by atoms with van der Waals surface area (Å²) in [6, 6.07) is 19.6. The van der Waals surface area contributed by atoms with Crippen LogP contribution < -0.4 is 14.8 Å². The Morgan fingerprint density at radius 3 is 2.45 bits per heavy atom. The minimum Gasteiger partial charge on any atom is -0.506 e. The molecular formula is C24H28N2O6S. The summed E-state index contributed by atoms with van der Waals surface area (Å²) in [5, 5.41) is 32.5. The summed E-state index contributed by atoms with van der Waals surface area (Å²) in [6.45, 7) is 1.11. The summed E-state index contributed by atoms with van der Waals surface area (Å²) < 4.78 is 30.7. The summed E-state index contributed by atoms with van der Waals surface area (Å²) in [7, 11) is -3.55. The van der Waals surface area contributed by atoms with Gasteiger partial charge in [-0.3, -0.25) is 4.72 Å². The van der Waals surface area contributed by atoms with E-state index in [9.17, 15) is 23.7 Å². The van der Waals surface area contributed by atoms with E-state index < -0.39 is 16.1 Å². The highest BCUT2D eigenvalue weighted by atomic mass is 32.2. The third-order valence-electron chi connectivity index (χ3n) is 4.88. The van der Waals surface area contributed by atoms with E-state index in [1.807, 2.05) is 48.5 Å². The van der Waals surface area contributed by atoms with Gasteiger partial charge in [-0.25, -0.2) is 8.42 Å². The summed E-state index contributed by atoms with van der Waals surface area (Å²) in [4.78, 5) is 0. The second kappa shape index (κ2) is 11.2. The number of sulfonamides is 1. The molecule has 0 saturated carbocycles. The minimum atomic E-state index is -3.55. The lowest BCUT2D eigenvalue weighted by atomic mass is 10.0. The number of anilines is 1. The van der Waals surface area contributed by atoms with Gasteiger partial charge in [-0.15, -0.1) is 0 Å². The summed E-state index contributed by atoms with van der Waals surface area (Å²) >= 11 is 0. The summed E-state index contributed by atoms with van der Waals surface area (Å²) in [6.07, 6.45) is 0.0963. The molecule has 0 bridgehead atoms. The number of phenols is 1. The van der Waals surface area contributed by atoms with Crippen LogP contribution in [0.3, 0.4) is 0 Å². The van der Waals surface area contributed by atoms with E-state index in [1.165, 1.54) is 18.2 Å². The molecular weight excluding hydrogens is 444 g/mol. The van der Waals surface area contributed by atoms with E-state index >= 15 is 0 Å². The molecule has 0 heterocycles. The highest BCUT2D eigenvalue weighted by Gasteiger charge is 2.13. The molecule has 5 N–H and O–H groups in total. The van der Waals surface area contributed by atoms with Crippen LogP contribution in [0, 0.1) is 0 Å². The molecule has 1 atom stereocenters. The number of rotatable bonds is 11. The zero-order chi connectivity index (χ0) is 23.8. The Bertz CT molecular complexity index is 1170. The van der Waals surface area contributed by atoms with Crippen molar-refractivity contribution in [3.05, 3.63) is 77.9 Å². The van der Waals surface area contributed by atoms with Crippen molar-refractivity contribution in [2.45, 2.75) is 12.7 Å². The average Bonchev–Trinajstić information content (AvgIpc) is 2.79. The van der Waals surface area contributed by atoms with Crippen LogP contribution in [0.15, 0.2) is 66.7 Å². The number of aromatic hydroxyl groups is 1. The first-order valence-electron chi connectivity index (χ1n) is 10.4. The van der Waals surface area contributed by atoms with E-state index in [1.54, 1.807) is 0 Å². The highest BCUT2D eigenvalue weighted by molar-refractivity contribution is 7.92. The van der Waals surface area contributed by atoms with Crippen molar-refractivity contribution in [2.24, 2.45) is 0 Å². The zero-order valence-corrected chi connectivity index (χ0v) is 19.0. The van der Waals surface area contributed by atoms with Gasteiger partial charge in [0.25, 0.3) is 0 Å². The lowest BCUT2D eigenvalue weighted by molar-refractivity contribution is 0.172. The quantitative estimate of drug-likeness (QED) is 0.214. The SMILES string of the molecule is CS(=O)(=O)Nc1cc(C(O)CNCCOc2ccc(-c3cccc(CO)c3)cc2)ccc1O. The van der Waals surface area contributed by atoms with Crippen LogP contribution in [0.4, 0.5) is 5.69 Å². The van der Waals surface area contributed by atoms with Crippen LogP contribution >= 0.6 is 0 Å². The molecule has 0 fully saturated rings. The van der Waals surface area contributed by atoms with Crippen LogP contribution in [0.1, 0.15) is 17.2 Å². The first kappa shape index (κ1) is 24.5. The van der Waals surface area contributed by atoms with Crippen LogP contribution in [-0.2, 0) is 16.6 Å². The first-order valence-corrected chi connectivity index (χ1v) is 12.3. The number of benzene rings is 3. The second-order valence-electron chi connectivity index (χ2n) is 7.60. The van der Waals surface area contributed by atoms with Gasteiger partial charge < -0.3 is 25.4 Å². The van der Waals surface area contributed by atoms with Crippen LogP contribution in [0.2, 0.25) is 0 Å². The molecule has 0 aliphatic carbocycles. The third kappa shape index (κ3) is 7.47. The Morgan fingerprint density at radius 1 is 1.00 bits per heavy atom. The zero-order valence-electron chi connectivity index (χ0n) is 18.2. The number of hydrogen-bond donors (Lipinski definition) is 5. The molecule has 33 heavy (non-hydrogen) atoms.